The van der Waals surface area contributed by atoms with Crippen molar-refractivity contribution in [2.45, 2.75) is 50.7 Å². The Hall–Kier alpha value is -2.39. The van der Waals surface area contributed by atoms with Gasteiger partial charge in [0.1, 0.15) is 6.10 Å². The van der Waals surface area contributed by atoms with Crippen LogP contribution in [-0.2, 0) is 16.1 Å². The number of rotatable bonds is 7. The molecule has 1 fully saturated rings. The van der Waals surface area contributed by atoms with Crippen LogP contribution in [-0.4, -0.2) is 31.1 Å². The second-order valence-electron chi connectivity index (χ2n) is 7.96. The van der Waals surface area contributed by atoms with E-state index in [2.05, 4.69) is 43.3 Å². The third kappa shape index (κ3) is 6.35. The van der Waals surface area contributed by atoms with Crippen LogP contribution in [0.4, 0.5) is 0 Å². The molecule has 2 aromatic carbocycles. The standard InChI is InChI=1S/C25H31NO2/c1-26(2)19-21-11-13-22(14-12-21)23-15-17-24(18-16-23)28-25(27)10-6-9-20-7-4-3-5-8-20/h3-9,11-14,23-24H,10,15-19H2,1-2H3/t23-,24+. The minimum atomic E-state index is -0.122. The quantitative estimate of drug-likeness (QED) is 0.603. The smallest absolute Gasteiger partial charge is 0.309 e. The summed E-state index contributed by atoms with van der Waals surface area (Å²) in [4.78, 5) is 14.3. The molecule has 0 radical (unpaired) electrons. The van der Waals surface area contributed by atoms with Crippen molar-refractivity contribution < 1.29 is 9.53 Å². The van der Waals surface area contributed by atoms with E-state index in [0.717, 1.165) is 37.8 Å². The molecule has 0 heterocycles. The zero-order chi connectivity index (χ0) is 19.8. The minimum Gasteiger partial charge on any atom is -0.462 e. The molecule has 0 amide bonds. The molecule has 1 aliphatic carbocycles. The van der Waals surface area contributed by atoms with Crippen LogP contribution < -0.4 is 0 Å². The number of ether oxygens (including phenoxy) is 1. The average molecular weight is 378 g/mol. The van der Waals surface area contributed by atoms with Gasteiger partial charge in [0.2, 0.25) is 0 Å². The van der Waals surface area contributed by atoms with Crippen molar-refractivity contribution in [2.24, 2.45) is 0 Å². The zero-order valence-corrected chi connectivity index (χ0v) is 17.0. The van der Waals surface area contributed by atoms with Gasteiger partial charge >= 0.3 is 5.97 Å². The second kappa shape index (κ2) is 10.2. The Morgan fingerprint density at radius 3 is 2.32 bits per heavy atom. The van der Waals surface area contributed by atoms with E-state index in [1.165, 1.54) is 11.1 Å². The maximum absolute atomic E-state index is 12.1. The van der Waals surface area contributed by atoms with Crippen LogP contribution in [0.5, 0.6) is 0 Å². The summed E-state index contributed by atoms with van der Waals surface area (Å²) < 4.78 is 5.68. The molecule has 3 rings (SSSR count). The summed E-state index contributed by atoms with van der Waals surface area (Å²) in [6, 6.07) is 19.0. The van der Waals surface area contributed by atoms with E-state index < -0.39 is 0 Å². The van der Waals surface area contributed by atoms with Crippen LogP contribution in [0.3, 0.4) is 0 Å². The highest BCUT2D eigenvalue weighted by atomic mass is 16.5. The first-order chi connectivity index (χ1) is 13.6. The molecule has 1 aliphatic rings. The number of benzene rings is 2. The van der Waals surface area contributed by atoms with Crippen LogP contribution in [0.1, 0.15) is 54.7 Å². The highest BCUT2D eigenvalue weighted by Crippen LogP contribution is 2.34. The third-order valence-corrected chi connectivity index (χ3v) is 5.32. The Kier molecular flexibility index (Phi) is 7.44. The number of hydrogen-bond donors (Lipinski definition) is 0. The summed E-state index contributed by atoms with van der Waals surface area (Å²) in [5, 5.41) is 0. The maximum atomic E-state index is 12.1. The van der Waals surface area contributed by atoms with Crippen molar-refractivity contribution in [1.82, 2.24) is 4.90 Å². The van der Waals surface area contributed by atoms with Gasteiger partial charge in [-0.25, -0.2) is 0 Å². The normalized spacial score (nSPS) is 19.8. The fraction of sp³-hybridized carbons (Fsp3) is 0.400. The monoisotopic (exact) mass is 377 g/mol. The first-order valence-electron chi connectivity index (χ1n) is 10.2. The van der Waals surface area contributed by atoms with Crippen molar-refractivity contribution in [2.75, 3.05) is 14.1 Å². The predicted molar refractivity (Wildman–Crippen MR) is 115 cm³/mol. The van der Waals surface area contributed by atoms with Gasteiger partial charge < -0.3 is 9.64 Å². The lowest BCUT2D eigenvalue weighted by Crippen LogP contribution is -2.23. The summed E-state index contributed by atoms with van der Waals surface area (Å²) in [7, 11) is 4.18. The fourth-order valence-electron chi connectivity index (χ4n) is 3.86. The van der Waals surface area contributed by atoms with Gasteiger partial charge in [0, 0.05) is 6.54 Å². The van der Waals surface area contributed by atoms with Gasteiger partial charge in [-0.05, 0) is 62.4 Å². The van der Waals surface area contributed by atoms with Crippen LogP contribution >= 0.6 is 0 Å². The molecule has 0 spiro atoms. The molecule has 0 N–H and O–H groups in total. The number of carbonyl (C=O) groups is 1. The zero-order valence-electron chi connectivity index (χ0n) is 17.0. The Morgan fingerprint density at radius 1 is 1.00 bits per heavy atom. The molecule has 3 heteroatoms. The molecule has 0 atom stereocenters. The van der Waals surface area contributed by atoms with Gasteiger partial charge in [-0.15, -0.1) is 0 Å². The van der Waals surface area contributed by atoms with Crippen molar-refractivity contribution in [1.29, 1.82) is 0 Å². The van der Waals surface area contributed by atoms with Gasteiger partial charge in [0.15, 0.2) is 0 Å². The van der Waals surface area contributed by atoms with Crippen molar-refractivity contribution in [3.63, 3.8) is 0 Å². The summed E-state index contributed by atoms with van der Waals surface area (Å²) in [6.45, 7) is 0.974. The van der Waals surface area contributed by atoms with Crippen LogP contribution in [0.25, 0.3) is 6.08 Å². The largest absolute Gasteiger partial charge is 0.462 e. The predicted octanol–water partition coefficient (Wildman–Crippen LogP) is 5.42. The molecule has 148 valence electrons. The summed E-state index contributed by atoms with van der Waals surface area (Å²) in [6.07, 6.45) is 8.35. The number of nitrogens with zero attached hydrogens (tertiary/aromatic N) is 1. The Morgan fingerprint density at radius 2 is 1.68 bits per heavy atom. The second-order valence-corrected chi connectivity index (χ2v) is 7.96. The molecule has 1 saturated carbocycles. The lowest BCUT2D eigenvalue weighted by atomic mass is 9.82. The molecule has 0 aromatic heterocycles. The highest BCUT2D eigenvalue weighted by Gasteiger charge is 2.24. The summed E-state index contributed by atoms with van der Waals surface area (Å²) in [5.74, 6) is 0.463. The molecule has 0 unspecified atom stereocenters. The Balaban J connectivity index is 1.41. The first kappa shape index (κ1) is 20.3. The molecular formula is C25H31NO2. The highest BCUT2D eigenvalue weighted by molar-refractivity contribution is 5.72. The van der Waals surface area contributed by atoms with Crippen LogP contribution in [0.2, 0.25) is 0 Å². The molecule has 0 bridgehead atoms. The fourth-order valence-corrected chi connectivity index (χ4v) is 3.86. The van der Waals surface area contributed by atoms with Crippen molar-refractivity contribution in [3.8, 4) is 0 Å². The lowest BCUT2D eigenvalue weighted by Gasteiger charge is -2.28. The van der Waals surface area contributed by atoms with E-state index in [-0.39, 0.29) is 12.1 Å². The van der Waals surface area contributed by atoms with E-state index >= 15 is 0 Å². The van der Waals surface area contributed by atoms with Gasteiger partial charge in [0.05, 0.1) is 6.42 Å². The average Bonchev–Trinajstić information content (AvgIpc) is 2.70. The number of carbonyl (C=O) groups excluding carboxylic acids is 1. The summed E-state index contributed by atoms with van der Waals surface area (Å²) in [5.41, 5.74) is 3.87. The van der Waals surface area contributed by atoms with E-state index in [1.807, 2.05) is 42.5 Å². The van der Waals surface area contributed by atoms with E-state index in [4.69, 9.17) is 4.74 Å². The third-order valence-electron chi connectivity index (χ3n) is 5.32. The molecule has 0 saturated heterocycles. The molecule has 28 heavy (non-hydrogen) atoms. The molecule has 0 aliphatic heterocycles. The number of hydrogen-bond acceptors (Lipinski definition) is 3. The lowest BCUT2D eigenvalue weighted by molar-refractivity contribution is -0.149. The van der Waals surface area contributed by atoms with Gasteiger partial charge in [-0.1, -0.05) is 66.7 Å². The van der Waals surface area contributed by atoms with Gasteiger partial charge in [-0.3, -0.25) is 4.79 Å². The van der Waals surface area contributed by atoms with E-state index in [1.54, 1.807) is 0 Å². The topological polar surface area (TPSA) is 29.5 Å². The van der Waals surface area contributed by atoms with Crippen molar-refractivity contribution >= 4 is 12.0 Å². The van der Waals surface area contributed by atoms with Crippen molar-refractivity contribution in [3.05, 3.63) is 77.4 Å². The molecule has 3 nitrogen and oxygen atoms in total. The Labute approximate surface area is 169 Å². The summed E-state index contributed by atoms with van der Waals surface area (Å²) >= 11 is 0. The van der Waals surface area contributed by atoms with E-state index in [0.29, 0.717) is 12.3 Å². The maximum Gasteiger partial charge on any atom is 0.309 e. The van der Waals surface area contributed by atoms with E-state index in [9.17, 15) is 4.79 Å². The van der Waals surface area contributed by atoms with Gasteiger partial charge in [0.25, 0.3) is 0 Å². The van der Waals surface area contributed by atoms with Crippen LogP contribution in [0, 0.1) is 0 Å². The van der Waals surface area contributed by atoms with Crippen LogP contribution in [0.15, 0.2) is 60.7 Å². The minimum absolute atomic E-state index is 0.0712. The first-order valence-corrected chi connectivity index (χ1v) is 10.2. The Bertz CT molecular complexity index is 757. The SMILES string of the molecule is CN(C)Cc1ccc([C@H]2CC[C@@H](OC(=O)CC=Cc3ccccc3)CC2)cc1. The number of esters is 1. The molecule has 2 aromatic rings. The van der Waals surface area contributed by atoms with Gasteiger partial charge in [-0.2, -0.15) is 0 Å². The molecular weight excluding hydrogens is 346 g/mol.